The molecule has 2 amide bonds. The average Bonchev–Trinajstić information content (AvgIpc) is 2.69. The highest BCUT2D eigenvalue weighted by molar-refractivity contribution is 5.89. The van der Waals surface area contributed by atoms with Gasteiger partial charge in [0.2, 0.25) is 11.8 Å². The molecule has 0 fully saturated rings. The number of carbonyl (C=O) groups excluding carboxylic acids is 3. The standard InChI is InChI=1S/C21H33N3O4/c1-15(2)13-17(23-12-8-11-19(25)28-4)21(27)24-18(20(26)22-3)14-16-9-6-5-7-10-16/h5-7,9-10,15,17-18,23H,8,11-14H2,1-4H3,(H,22,26)(H,24,27)/t17-,18-/m0/s1. The molecule has 0 aromatic heterocycles. The molecular weight excluding hydrogens is 358 g/mol. The van der Waals surface area contributed by atoms with Crippen molar-refractivity contribution in [2.75, 3.05) is 20.7 Å². The van der Waals surface area contributed by atoms with Crippen LogP contribution in [0, 0.1) is 5.92 Å². The second-order valence-electron chi connectivity index (χ2n) is 7.18. The highest BCUT2D eigenvalue weighted by atomic mass is 16.5. The molecule has 28 heavy (non-hydrogen) atoms. The number of benzene rings is 1. The molecule has 1 aromatic rings. The fraction of sp³-hybridized carbons (Fsp3) is 0.571. The van der Waals surface area contributed by atoms with Crippen LogP contribution in [0.25, 0.3) is 0 Å². The lowest BCUT2D eigenvalue weighted by molar-refractivity contribution is -0.140. The molecule has 7 nitrogen and oxygen atoms in total. The summed E-state index contributed by atoms with van der Waals surface area (Å²) in [4.78, 5) is 36.3. The number of rotatable bonds is 12. The number of hydrogen-bond donors (Lipinski definition) is 3. The molecule has 0 radical (unpaired) electrons. The Balaban J connectivity index is 2.71. The van der Waals surface area contributed by atoms with E-state index < -0.39 is 12.1 Å². The van der Waals surface area contributed by atoms with E-state index in [0.717, 1.165) is 5.56 Å². The van der Waals surface area contributed by atoms with E-state index >= 15 is 0 Å². The number of hydrogen-bond acceptors (Lipinski definition) is 5. The van der Waals surface area contributed by atoms with Crippen LogP contribution in [-0.4, -0.2) is 50.6 Å². The molecule has 0 aliphatic rings. The fourth-order valence-corrected chi connectivity index (χ4v) is 2.87. The lowest BCUT2D eigenvalue weighted by Gasteiger charge is -2.24. The molecule has 0 spiro atoms. The number of nitrogens with one attached hydrogen (secondary N) is 3. The fourth-order valence-electron chi connectivity index (χ4n) is 2.87. The maximum atomic E-state index is 12.8. The molecule has 3 N–H and O–H groups in total. The van der Waals surface area contributed by atoms with Crippen molar-refractivity contribution in [1.29, 1.82) is 0 Å². The van der Waals surface area contributed by atoms with Gasteiger partial charge in [0.05, 0.1) is 13.2 Å². The minimum atomic E-state index is -0.647. The van der Waals surface area contributed by atoms with Crippen molar-refractivity contribution in [3.63, 3.8) is 0 Å². The maximum Gasteiger partial charge on any atom is 0.305 e. The summed E-state index contributed by atoms with van der Waals surface area (Å²) in [6, 6.07) is 8.50. The molecule has 0 unspecified atom stereocenters. The molecule has 0 aliphatic carbocycles. The van der Waals surface area contributed by atoms with Gasteiger partial charge in [0.15, 0.2) is 0 Å². The Morgan fingerprint density at radius 3 is 2.29 bits per heavy atom. The van der Waals surface area contributed by atoms with Gasteiger partial charge in [0, 0.05) is 19.9 Å². The van der Waals surface area contributed by atoms with Crippen molar-refractivity contribution >= 4 is 17.8 Å². The van der Waals surface area contributed by atoms with E-state index in [0.29, 0.717) is 38.1 Å². The quantitative estimate of drug-likeness (QED) is 0.370. The summed E-state index contributed by atoms with van der Waals surface area (Å²) in [5.74, 6) is -0.409. The Labute approximate surface area is 167 Å². The topological polar surface area (TPSA) is 96.5 Å². The van der Waals surface area contributed by atoms with Crippen molar-refractivity contribution in [3.8, 4) is 0 Å². The van der Waals surface area contributed by atoms with Crippen LogP contribution >= 0.6 is 0 Å². The third-order valence-corrected chi connectivity index (χ3v) is 4.36. The van der Waals surface area contributed by atoms with Gasteiger partial charge in [-0.2, -0.15) is 0 Å². The lowest BCUT2D eigenvalue weighted by atomic mass is 10.0. The average molecular weight is 392 g/mol. The van der Waals surface area contributed by atoms with Gasteiger partial charge in [0.25, 0.3) is 0 Å². The van der Waals surface area contributed by atoms with E-state index in [1.165, 1.54) is 7.11 Å². The third kappa shape index (κ3) is 8.99. The zero-order chi connectivity index (χ0) is 20.9. The summed E-state index contributed by atoms with van der Waals surface area (Å²) in [6.07, 6.45) is 1.94. The van der Waals surface area contributed by atoms with Gasteiger partial charge in [0.1, 0.15) is 6.04 Å². The number of methoxy groups -OCH3 is 1. The van der Waals surface area contributed by atoms with E-state index in [1.54, 1.807) is 7.05 Å². The first kappa shape index (κ1) is 23.6. The first-order valence-electron chi connectivity index (χ1n) is 9.73. The van der Waals surface area contributed by atoms with Crippen LogP contribution in [0.1, 0.15) is 38.7 Å². The van der Waals surface area contributed by atoms with Crippen molar-refractivity contribution in [2.24, 2.45) is 5.92 Å². The van der Waals surface area contributed by atoms with Gasteiger partial charge in [-0.1, -0.05) is 44.2 Å². The molecule has 0 bridgehead atoms. The summed E-state index contributed by atoms with van der Waals surface area (Å²) >= 11 is 0. The first-order valence-corrected chi connectivity index (χ1v) is 9.73. The highest BCUT2D eigenvalue weighted by Gasteiger charge is 2.25. The van der Waals surface area contributed by atoms with E-state index in [-0.39, 0.29) is 17.8 Å². The number of esters is 1. The summed E-state index contributed by atoms with van der Waals surface area (Å²) in [5, 5.41) is 8.70. The number of amides is 2. The van der Waals surface area contributed by atoms with Crippen molar-refractivity contribution < 1.29 is 19.1 Å². The van der Waals surface area contributed by atoms with E-state index in [2.05, 4.69) is 20.7 Å². The second-order valence-corrected chi connectivity index (χ2v) is 7.18. The predicted molar refractivity (Wildman–Crippen MR) is 109 cm³/mol. The van der Waals surface area contributed by atoms with Gasteiger partial charge in [-0.15, -0.1) is 0 Å². The molecule has 7 heteroatoms. The monoisotopic (exact) mass is 391 g/mol. The molecule has 156 valence electrons. The number of carbonyl (C=O) groups is 3. The van der Waals surface area contributed by atoms with Crippen LogP contribution in [-0.2, 0) is 25.5 Å². The number of likely N-dealkylation sites (N-methyl/N-ethyl adjacent to an activating group) is 1. The van der Waals surface area contributed by atoms with Crippen LogP contribution in [0.5, 0.6) is 0 Å². The second kappa shape index (κ2) is 12.9. The van der Waals surface area contributed by atoms with E-state index in [9.17, 15) is 14.4 Å². The number of ether oxygens (including phenoxy) is 1. The zero-order valence-electron chi connectivity index (χ0n) is 17.3. The van der Waals surface area contributed by atoms with E-state index in [4.69, 9.17) is 0 Å². The molecule has 2 atom stereocenters. The van der Waals surface area contributed by atoms with Gasteiger partial charge in [-0.25, -0.2) is 0 Å². The molecule has 0 heterocycles. The molecular formula is C21H33N3O4. The predicted octanol–water partition coefficient (Wildman–Crippen LogP) is 1.42. The zero-order valence-corrected chi connectivity index (χ0v) is 17.3. The Hall–Kier alpha value is -2.41. The third-order valence-electron chi connectivity index (χ3n) is 4.36. The van der Waals surface area contributed by atoms with Crippen LogP contribution in [0.2, 0.25) is 0 Å². The minimum Gasteiger partial charge on any atom is -0.469 e. The molecule has 0 saturated heterocycles. The van der Waals surface area contributed by atoms with E-state index in [1.807, 2.05) is 44.2 Å². The van der Waals surface area contributed by atoms with Crippen LogP contribution < -0.4 is 16.0 Å². The van der Waals surface area contributed by atoms with Crippen molar-refractivity contribution in [1.82, 2.24) is 16.0 Å². The van der Waals surface area contributed by atoms with Crippen LogP contribution in [0.3, 0.4) is 0 Å². The molecule has 1 rings (SSSR count). The van der Waals surface area contributed by atoms with Crippen LogP contribution in [0.4, 0.5) is 0 Å². The Morgan fingerprint density at radius 2 is 1.71 bits per heavy atom. The van der Waals surface area contributed by atoms with Crippen molar-refractivity contribution in [2.45, 2.75) is 51.6 Å². The first-order chi connectivity index (χ1) is 13.4. The summed E-state index contributed by atoms with van der Waals surface area (Å²) in [6.45, 7) is 4.59. The highest BCUT2D eigenvalue weighted by Crippen LogP contribution is 2.08. The largest absolute Gasteiger partial charge is 0.469 e. The molecule has 0 saturated carbocycles. The maximum absolute atomic E-state index is 12.8. The smallest absolute Gasteiger partial charge is 0.305 e. The van der Waals surface area contributed by atoms with Gasteiger partial charge in [-0.05, 0) is 30.9 Å². The van der Waals surface area contributed by atoms with Gasteiger partial charge in [-0.3, -0.25) is 14.4 Å². The SMILES string of the molecule is CNC(=O)[C@H](Cc1ccccc1)NC(=O)[C@H](CC(C)C)NCCCC(=O)OC. The minimum absolute atomic E-state index is 0.212. The van der Waals surface area contributed by atoms with Gasteiger partial charge >= 0.3 is 5.97 Å². The molecule has 0 aliphatic heterocycles. The van der Waals surface area contributed by atoms with Crippen molar-refractivity contribution in [3.05, 3.63) is 35.9 Å². The molecule has 1 aromatic carbocycles. The Morgan fingerprint density at radius 1 is 1.04 bits per heavy atom. The van der Waals surface area contributed by atoms with Gasteiger partial charge < -0.3 is 20.7 Å². The summed E-state index contributed by atoms with van der Waals surface area (Å²) in [7, 11) is 2.92. The Kier molecular flexibility index (Phi) is 10.9. The summed E-state index contributed by atoms with van der Waals surface area (Å²) in [5.41, 5.74) is 0.975. The lowest BCUT2D eigenvalue weighted by Crippen LogP contribution is -2.53. The van der Waals surface area contributed by atoms with Crippen LogP contribution in [0.15, 0.2) is 30.3 Å². The summed E-state index contributed by atoms with van der Waals surface area (Å²) < 4.78 is 4.63. The normalized spacial score (nSPS) is 12.9. The Bertz CT molecular complexity index is 619.